The van der Waals surface area contributed by atoms with Crippen LogP contribution in [0, 0.1) is 35.5 Å². The predicted molar refractivity (Wildman–Crippen MR) is 207 cm³/mol. The van der Waals surface area contributed by atoms with E-state index >= 15 is 0 Å². The molecule has 1 saturated carbocycles. The lowest BCUT2D eigenvalue weighted by Crippen LogP contribution is -2.54. The van der Waals surface area contributed by atoms with E-state index in [1.54, 1.807) is 26.2 Å². The Morgan fingerprint density at radius 2 is 1.63 bits per heavy atom. The van der Waals surface area contributed by atoms with Gasteiger partial charge in [0.15, 0.2) is 5.78 Å². The Labute approximate surface area is 323 Å². The summed E-state index contributed by atoms with van der Waals surface area (Å²) in [7, 11) is 6.28. The molecule has 2 bridgehead atoms. The molecule has 3 fully saturated rings. The first kappa shape index (κ1) is 43.6. The van der Waals surface area contributed by atoms with E-state index in [1.807, 2.05) is 56.0 Å². The maximum absolute atomic E-state index is 14.3. The Hall–Kier alpha value is -3.15. The molecule has 1 aromatic carbocycles. The van der Waals surface area contributed by atoms with Gasteiger partial charge < -0.3 is 29.3 Å². The molecule has 54 heavy (non-hydrogen) atoms. The van der Waals surface area contributed by atoms with Crippen molar-refractivity contribution in [2.45, 2.75) is 135 Å². The lowest BCUT2D eigenvalue weighted by atomic mass is 9.83. The van der Waals surface area contributed by atoms with Crippen LogP contribution >= 0.6 is 0 Å². The van der Waals surface area contributed by atoms with Gasteiger partial charge >= 0.3 is 5.97 Å². The second kappa shape index (κ2) is 20.1. The standard InChI is InChI=1S/C43H67N3O8/c1-10-27(4)40(45(6)42(50)33(26(2)3)24-36(48)39-30-18-19-32(22-30)44-39)37(52-7)25-38(49)46-20-14-17-34(46)41(53-8)28(5)35(47)23-31(43(51)54-9)21-29-15-12-11-13-16-29/h11-13,15-16,26-28,30-34,37,39-41,44H,10,14,17-25H2,1-9H3/t27-,28-,30-,31+,32+,33-,34-,37+,39-,40-,41+/m0/s1. The zero-order valence-electron chi connectivity index (χ0n) is 34.3. The number of ketones is 2. The molecule has 3 aliphatic rings. The van der Waals surface area contributed by atoms with Crippen LogP contribution in [0.25, 0.3) is 0 Å². The second-order valence-electron chi connectivity index (χ2n) is 16.6. The van der Waals surface area contributed by atoms with E-state index in [0.29, 0.717) is 31.3 Å². The molecule has 0 aromatic heterocycles. The number of piperidine rings is 1. The third-order valence-electron chi connectivity index (χ3n) is 12.9. The van der Waals surface area contributed by atoms with Crippen LogP contribution < -0.4 is 5.32 Å². The van der Waals surface area contributed by atoms with Gasteiger partial charge in [0.2, 0.25) is 11.8 Å². The van der Waals surface area contributed by atoms with Crippen molar-refractivity contribution in [1.29, 1.82) is 0 Å². The van der Waals surface area contributed by atoms with Crippen LogP contribution in [-0.4, -0.2) is 110 Å². The highest BCUT2D eigenvalue weighted by atomic mass is 16.5. The average Bonchev–Trinajstić information content (AvgIpc) is 3.95. The van der Waals surface area contributed by atoms with E-state index in [-0.39, 0.29) is 66.6 Å². The summed E-state index contributed by atoms with van der Waals surface area (Å²) in [4.78, 5) is 72.1. The maximum atomic E-state index is 14.3. The highest BCUT2D eigenvalue weighted by Crippen LogP contribution is 2.37. The number of hydrogen-bond donors (Lipinski definition) is 1. The van der Waals surface area contributed by atoms with Crippen molar-refractivity contribution in [2.24, 2.45) is 35.5 Å². The minimum atomic E-state index is -0.631. The van der Waals surface area contributed by atoms with E-state index in [4.69, 9.17) is 14.2 Å². The van der Waals surface area contributed by atoms with E-state index in [9.17, 15) is 24.0 Å². The molecule has 2 amide bonds. The molecule has 0 spiro atoms. The molecule has 2 aliphatic heterocycles. The molecule has 1 aliphatic carbocycles. The fraction of sp³-hybridized carbons (Fsp3) is 0.744. The van der Waals surface area contributed by atoms with Gasteiger partial charge in [-0.1, -0.05) is 71.4 Å². The summed E-state index contributed by atoms with van der Waals surface area (Å²) in [5.41, 5.74) is 0.946. The Balaban J connectivity index is 1.45. The van der Waals surface area contributed by atoms with Gasteiger partial charge in [0.1, 0.15) is 5.78 Å². The lowest BCUT2D eigenvalue weighted by molar-refractivity contribution is -0.150. The summed E-state index contributed by atoms with van der Waals surface area (Å²) in [6.07, 6.45) is 4.93. The first-order valence-corrected chi connectivity index (χ1v) is 20.3. The highest BCUT2D eigenvalue weighted by Gasteiger charge is 2.46. The van der Waals surface area contributed by atoms with Gasteiger partial charge in [0.25, 0.3) is 0 Å². The highest BCUT2D eigenvalue weighted by molar-refractivity contribution is 5.91. The number of likely N-dealkylation sites (tertiary alicyclic amines) is 1. The molecule has 4 rings (SSSR count). The SMILES string of the molecule is CC[C@H](C)[C@@H]([C@@H](CC(=O)N1CCC[C@H]1[C@H](OC)[C@@H](C)C(=O)C[C@@H](Cc1ccccc1)C(=O)OC)OC)N(C)C(=O)[C@@H](CC(=O)[C@H]1N[C@@H]2CC[C@H]1C2)C(C)C. The molecule has 1 aromatic rings. The van der Waals surface area contributed by atoms with Crippen molar-refractivity contribution < 1.29 is 38.2 Å². The Bertz CT molecular complexity index is 1420. The van der Waals surface area contributed by atoms with Gasteiger partial charge in [0.05, 0.1) is 49.8 Å². The minimum Gasteiger partial charge on any atom is -0.469 e. The Morgan fingerprint density at radius 3 is 2.19 bits per heavy atom. The number of ether oxygens (including phenoxy) is 3. The molecule has 11 heteroatoms. The quantitative estimate of drug-likeness (QED) is 0.167. The molecule has 0 radical (unpaired) electrons. The number of amides is 2. The van der Waals surface area contributed by atoms with Crippen LogP contribution in [0.1, 0.15) is 98.0 Å². The molecule has 0 unspecified atom stereocenters. The Morgan fingerprint density at radius 1 is 0.926 bits per heavy atom. The minimum absolute atomic E-state index is 0.00714. The fourth-order valence-corrected chi connectivity index (χ4v) is 9.50. The van der Waals surface area contributed by atoms with Crippen molar-refractivity contribution in [3.8, 4) is 0 Å². The monoisotopic (exact) mass is 753 g/mol. The van der Waals surface area contributed by atoms with Crippen LogP contribution in [0.15, 0.2) is 30.3 Å². The molecular formula is C43H67N3O8. The largest absolute Gasteiger partial charge is 0.469 e. The van der Waals surface area contributed by atoms with E-state index < -0.39 is 42.0 Å². The summed E-state index contributed by atoms with van der Waals surface area (Å²) in [5, 5.41) is 3.50. The molecule has 2 saturated heterocycles. The zero-order valence-corrected chi connectivity index (χ0v) is 34.3. The van der Waals surface area contributed by atoms with E-state index in [2.05, 4.69) is 19.2 Å². The second-order valence-corrected chi connectivity index (χ2v) is 16.6. The first-order chi connectivity index (χ1) is 25.8. The number of benzene rings is 1. The zero-order chi connectivity index (χ0) is 39.7. The molecule has 11 atom stereocenters. The topological polar surface area (TPSA) is 132 Å². The molecule has 11 nitrogen and oxygen atoms in total. The first-order valence-electron chi connectivity index (χ1n) is 20.3. The van der Waals surface area contributed by atoms with Crippen LogP contribution in [0.4, 0.5) is 0 Å². The van der Waals surface area contributed by atoms with Crippen molar-refractivity contribution in [3.63, 3.8) is 0 Å². The van der Waals surface area contributed by atoms with Gasteiger partial charge in [-0.25, -0.2) is 0 Å². The maximum Gasteiger partial charge on any atom is 0.309 e. The van der Waals surface area contributed by atoms with Crippen LogP contribution in [0.3, 0.4) is 0 Å². The van der Waals surface area contributed by atoms with Gasteiger partial charge in [-0.3, -0.25) is 24.0 Å². The summed E-state index contributed by atoms with van der Waals surface area (Å²) >= 11 is 0. The van der Waals surface area contributed by atoms with Gasteiger partial charge in [-0.2, -0.15) is 0 Å². The van der Waals surface area contributed by atoms with Gasteiger partial charge in [-0.15, -0.1) is 0 Å². The van der Waals surface area contributed by atoms with Crippen molar-refractivity contribution >= 4 is 29.4 Å². The molecule has 1 N–H and O–H groups in total. The van der Waals surface area contributed by atoms with Gasteiger partial charge in [0, 0.05) is 58.5 Å². The number of Topliss-reactive ketones (excluding diaryl/α,β-unsaturated/α-hetero) is 2. The fourth-order valence-electron chi connectivity index (χ4n) is 9.50. The number of carbonyl (C=O) groups is 5. The number of nitrogens with one attached hydrogen (secondary N) is 1. The molecular weight excluding hydrogens is 686 g/mol. The normalized spacial score (nSPS) is 24.7. The van der Waals surface area contributed by atoms with E-state index in [0.717, 1.165) is 37.7 Å². The molecule has 2 heterocycles. The number of nitrogens with zero attached hydrogens (tertiary/aromatic N) is 2. The number of carbonyl (C=O) groups excluding carboxylic acids is 5. The van der Waals surface area contributed by atoms with Crippen LogP contribution in [0.5, 0.6) is 0 Å². The third-order valence-corrected chi connectivity index (χ3v) is 12.9. The van der Waals surface area contributed by atoms with E-state index in [1.165, 1.54) is 7.11 Å². The Kier molecular flexibility index (Phi) is 16.3. The summed E-state index contributed by atoms with van der Waals surface area (Å²) in [6.45, 7) is 10.5. The van der Waals surface area contributed by atoms with Crippen molar-refractivity contribution in [2.75, 3.05) is 34.9 Å². The number of hydrogen-bond acceptors (Lipinski definition) is 9. The third kappa shape index (κ3) is 10.4. The van der Waals surface area contributed by atoms with Crippen molar-refractivity contribution in [3.05, 3.63) is 35.9 Å². The number of rotatable bonds is 21. The smallest absolute Gasteiger partial charge is 0.309 e. The van der Waals surface area contributed by atoms with Crippen LogP contribution in [-0.2, 0) is 44.6 Å². The molecule has 302 valence electrons. The number of fused-ring (bicyclic) bond motifs is 2. The summed E-state index contributed by atoms with van der Waals surface area (Å²) < 4.78 is 17.1. The summed E-state index contributed by atoms with van der Waals surface area (Å²) in [5.74, 6) is -1.96. The number of esters is 1. The summed E-state index contributed by atoms with van der Waals surface area (Å²) in [6, 6.07) is 9.09. The lowest BCUT2D eigenvalue weighted by Gasteiger charge is -2.41. The van der Waals surface area contributed by atoms with Crippen LogP contribution in [0.2, 0.25) is 0 Å². The van der Waals surface area contributed by atoms with Gasteiger partial charge in [-0.05, 0) is 61.8 Å². The predicted octanol–water partition coefficient (Wildman–Crippen LogP) is 5.27. The number of methoxy groups -OCH3 is 3. The average molecular weight is 754 g/mol. The number of likely N-dealkylation sites (N-methyl/N-ethyl adjacent to an activating group) is 1. The van der Waals surface area contributed by atoms with Crippen molar-refractivity contribution in [1.82, 2.24) is 15.1 Å².